The summed E-state index contributed by atoms with van der Waals surface area (Å²) in [4.78, 5) is 11.7. The Bertz CT molecular complexity index is 373. The van der Waals surface area contributed by atoms with Crippen molar-refractivity contribution in [1.82, 2.24) is 10.5 Å². The van der Waals surface area contributed by atoms with Gasteiger partial charge in [-0.05, 0) is 6.92 Å². The minimum atomic E-state index is -1.09. The van der Waals surface area contributed by atoms with E-state index >= 15 is 0 Å². The lowest BCUT2D eigenvalue weighted by Crippen LogP contribution is -2.51. The van der Waals surface area contributed by atoms with Crippen LogP contribution in [0.3, 0.4) is 0 Å². The number of aliphatic hydroxyl groups excluding tert-OH is 2. The van der Waals surface area contributed by atoms with E-state index in [1.807, 2.05) is 0 Å². The zero-order chi connectivity index (χ0) is 12.9. The highest BCUT2D eigenvalue weighted by Gasteiger charge is 2.26. The Morgan fingerprint density at radius 3 is 2.76 bits per heavy atom. The van der Waals surface area contributed by atoms with Gasteiger partial charge in [-0.1, -0.05) is 5.16 Å². The fourth-order valence-corrected chi connectivity index (χ4v) is 1.10. The van der Waals surface area contributed by atoms with Crippen LogP contribution in [-0.4, -0.2) is 47.1 Å². The summed E-state index contributed by atoms with van der Waals surface area (Å²) in [5.41, 5.74) is -1.01. The minimum absolute atomic E-state index is 0.0742. The molecule has 0 aromatic carbocycles. The maximum Gasteiger partial charge on any atom is 0.274 e. The number of nitrogens with one attached hydrogen (secondary N) is 1. The van der Waals surface area contributed by atoms with Gasteiger partial charge in [-0.2, -0.15) is 0 Å². The quantitative estimate of drug-likeness (QED) is 0.611. The molecule has 7 nitrogen and oxygen atoms in total. The van der Waals surface area contributed by atoms with Crippen molar-refractivity contribution in [3.05, 3.63) is 17.5 Å². The second-order valence-electron chi connectivity index (χ2n) is 3.94. The summed E-state index contributed by atoms with van der Waals surface area (Å²) in [5.74, 6) is -0.103. The standard InChI is InChI=1S/C10H16N2O5/c1-10(5-13,6-14)11-9(15)8-3-7(4-16-2)17-12-8/h3,13-14H,4-6H2,1-2H3,(H,11,15). The number of hydrogen-bond acceptors (Lipinski definition) is 6. The van der Waals surface area contributed by atoms with Crippen LogP contribution in [0.5, 0.6) is 0 Å². The molecule has 0 aliphatic rings. The summed E-state index contributed by atoms with van der Waals surface area (Å²) in [5, 5.41) is 24.1. The Morgan fingerprint density at radius 2 is 2.24 bits per heavy atom. The minimum Gasteiger partial charge on any atom is -0.394 e. The lowest BCUT2D eigenvalue weighted by molar-refractivity contribution is 0.0716. The van der Waals surface area contributed by atoms with Gasteiger partial charge in [0.25, 0.3) is 5.91 Å². The largest absolute Gasteiger partial charge is 0.394 e. The van der Waals surface area contributed by atoms with E-state index in [1.54, 1.807) is 0 Å². The summed E-state index contributed by atoms with van der Waals surface area (Å²) >= 11 is 0. The highest BCUT2D eigenvalue weighted by molar-refractivity contribution is 5.92. The Morgan fingerprint density at radius 1 is 1.59 bits per heavy atom. The predicted octanol–water partition coefficient (Wildman–Crippen LogP) is -0.706. The van der Waals surface area contributed by atoms with Gasteiger partial charge in [0.05, 0.1) is 18.8 Å². The Kier molecular flexibility index (Phi) is 4.62. The smallest absolute Gasteiger partial charge is 0.274 e. The summed E-state index contributed by atoms with van der Waals surface area (Å²) in [7, 11) is 1.50. The molecule has 7 heteroatoms. The van der Waals surface area contributed by atoms with Crippen molar-refractivity contribution < 1.29 is 24.3 Å². The van der Waals surface area contributed by atoms with E-state index in [0.717, 1.165) is 0 Å². The summed E-state index contributed by atoms with van der Waals surface area (Å²) < 4.78 is 9.67. The van der Waals surface area contributed by atoms with Crippen LogP contribution < -0.4 is 5.32 Å². The van der Waals surface area contributed by atoms with E-state index in [4.69, 9.17) is 19.5 Å². The van der Waals surface area contributed by atoms with Gasteiger partial charge in [0, 0.05) is 13.2 Å². The molecule has 96 valence electrons. The first-order valence-corrected chi connectivity index (χ1v) is 5.03. The third-order valence-electron chi connectivity index (χ3n) is 2.19. The number of carbonyl (C=O) groups is 1. The van der Waals surface area contributed by atoms with Gasteiger partial charge in [0.15, 0.2) is 11.5 Å². The zero-order valence-electron chi connectivity index (χ0n) is 9.77. The molecular formula is C10H16N2O5. The van der Waals surface area contributed by atoms with Crippen molar-refractivity contribution in [2.45, 2.75) is 19.1 Å². The molecule has 1 aromatic rings. The second-order valence-corrected chi connectivity index (χ2v) is 3.94. The van der Waals surface area contributed by atoms with Crippen LogP contribution in [0, 0.1) is 0 Å². The first-order chi connectivity index (χ1) is 8.04. The first-order valence-electron chi connectivity index (χ1n) is 5.03. The van der Waals surface area contributed by atoms with Crippen LogP contribution in [0.1, 0.15) is 23.2 Å². The summed E-state index contributed by atoms with van der Waals surface area (Å²) in [6, 6.07) is 1.44. The van der Waals surface area contributed by atoms with E-state index in [1.165, 1.54) is 20.1 Å². The molecule has 0 aliphatic heterocycles. The van der Waals surface area contributed by atoms with Gasteiger partial charge in [-0.15, -0.1) is 0 Å². The van der Waals surface area contributed by atoms with Crippen molar-refractivity contribution in [2.75, 3.05) is 20.3 Å². The van der Waals surface area contributed by atoms with Gasteiger partial charge < -0.3 is 24.8 Å². The van der Waals surface area contributed by atoms with Crippen molar-refractivity contribution in [1.29, 1.82) is 0 Å². The fourth-order valence-electron chi connectivity index (χ4n) is 1.10. The average molecular weight is 244 g/mol. The van der Waals surface area contributed by atoms with Gasteiger partial charge >= 0.3 is 0 Å². The van der Waals surface area contributed by atoms with Crippen molar-refractivity contribution in [3.8, 4) is 0 Å². The van der Waals surface area contributed by atoms with Crippen LogP contribution in [0.4, 0.5) is 0 Å². The third kappa shape index (κ3) is 3.52. The van der Waals surface area contributed by atoms with Gasteiger partial charge in [0.2, 0.25) is 0 Å². The first kappa shape index (κ1) is 13.6. The normalized spacial score (nSPS) is 11.5. The van der Waals surface area contributed by atoms with Gasteiger partial charge in [-0.3, -0.25) is 4.79 Å². The molecule has 1 heterocycles. The number of amides is 1. The molecule has 1 rings (SSSR count). The molecule has 0 unspecified atom stereocenters. The van der Waals surface area contributed by atoms with E-state index in [9.17, 15) is 4.79 Å². The number of nitrogens with zero attached hydrogens (tertiary/aromatic N) is 1. The van der Waals surface area contributed by atoms with Crippen LogP contribution in [0.15, 0.2) is 10.6 Å². The molecule has 0 bridgehead atoms. The Labute approximate surface area is 98.4 Å². The molecule has 0 saturated heterocycles. The van der Waals surface area contributed by atoms with E-state index in [0.29, 0.717) is 5.76 Å². The number of rotatable bonds is 6. The molecule has 17 heavy (non-hydrogen) atoms. The van der Waals surface area contributed by atoms with Crippen molar-refractivity contribution in [2.24, 2.45) is 0 Å². The molecule has 0 spiro atoms. The predicted molar refractivity (Wildman–Crippen MR) is 57.3 cm³/mol. The molecule has 1 amide bonds. The SMILES string of the molecule is COCc1cc(C(=O)NC(C)(CO)CO)no1. The molecule has 0 radical (unpaired) electrons. The number of aliphatic hydroxyl groups is 2. The van der Waals surface area contributed by atoms with E-state index in [-0.39, 0.29) is 25.5 Å². The van der Waals surface area contributed by atoms with Gasteiger partial charge in [0.1, 0.15) is 6.61 Å². The molecular weight excluding hydrogens is 228 g/mol. The van der Waals surface area contributed by atoms with Crippen molar-refractivity contribution in [3.63, 3.8) is 0 Å². The molecule has 0 saturated carbocycles. The fraction of sp³-hybridized carbons (Fsp3) is 0.600. The maximum atomic E-state index is 11.7. The topological polar surface area (TPSA) is 105 Å². The monoisotopic (exact) mass is 244 g/mol. The Balaban J connectivity index is 2.69. The van der Waals surface area contributed by atoms with E-state index < -0.39 is 11.4 Å². The third-order valence-corrected chi connectivity index (χ3v) is 2.19. The number of hydrogen-bond donors (Lipinski definition) is 3. The van der Waals surface area contributed by atoms with Crippen LogP contribution in [0.25, 0.3) is 0 Å². The highest BCUT2D eigenvalue weighted by Crippen LogP contribution is 2.07. The lowest BCUT2D eigenvalue weighted by atomic mass is 10.1. The van der Waals surface area contributed by atoms with E-state index in [2.05, 4.69) is 10.5 Å². The maximum absolute atomic E-state index is 11.7. The molecule has 1 aromatic heterocycles. The summed E-state index contributed by atoms with van der Waals surface area (Å²) in [6.45, 7) is 0.981. The molecule has 0 fully saturated rings. The molecule has 0 atom stereocenters. The number of ether oxygens (including phenoxy) is 1. The number of methoxy groups -OCH3 is 1. The highest BCUT2D eigenvalue weighted by atomic mass is 16.5. The van der Waals surface area contributed by atoms with Crippen molar-refractivity contribution >= 4 is 5.91 Å². The summed E-state index contributed by atoms with van der Waals surface area (Å²) in [6.07, 6.45) is 0. The second kappa shape index (κ2) is 5.76. The zero-order valence-corrected chi connectivity index (χ0v) is 9.77. The lowest BCUT2D eigenvalue weighted by Gasteiger charge is -2.25. The number of carbonyl (C=O) groups excluding carboxylic acids is 1. The van der Waals surface area contributed by atoms with Gasteiger partial charge in [-0.25, -0.2) is 0 Å². The number of aromatic nitrogens is 1. The molecule has 0 aliphatic carbocycles. The average Bonchev–Trinajstić information content (AvgIpc) is 2.78. The van der Waals surface area contributed by atoms with Crippen LogP contribution in [0.2, 0.25) is 0 Å². The van der Waals surface area contributed by atoms with Crippen LogP contribution in [-0.2, 0) is 11.3 Å². The van der Waals surface area contributed by atoms with Crippen LogP contribution >= 0.6 is 0 Å². The Hall–Kier alpha value is -1.44. The molecule has 3 N–H and O–H groups in total.